The molecule has 8 heteroatoms. The molecule has 0 aliphatic carbocycles. The first-order valence-electron chi connectivity index (χ1n) is 11.3. The first-order valence-corrected chi connectivity index (χ1v) is 11.3. The van der Waals surface area contributed by atoms with E-state index >= 15 is 0 Å². The Kier molecular flexibility index (Phi) is 6.34. The Bertz CT molecular complexity index is 931. The van der Waals surface area contributed by atoms with Crippen LogP contribution in [0.4, 0.5) is 0 Å². The Morgan fingerprint density at radius 3 is 2.48 bits per heavy atom. The summed E-state index contributed by atoms with van der Waals surface area (Å²) >= 11 is 0. The van der Waals surface area contributed by atoms with Gasteiger partial charge >= 0.3 is 0 Å². The summed E-state index contributed by atoms with van der Waals surface area (Å²) in [5, 5.41) is 4.02. The molecule has 0 radical (unpaired) electrons. The number of piperidine rings is 2. The van der Waals surface area contributed by atoms with E-state index in [0.717, 1.165) is 50.0 Å². The van der Waals surface area contributed by atoms with Crippen LogP contribution in [0, 0.1) is 19.8 Å². The van der Waals surface area contributed by atoms with Crippen LogP contribution in [0.5, 0.6) is 0 Å². The monoisotopic (exact) mass is 425 g/mol. The van der Waals surface area contributed by atoms with Crippen LogP contribution < -0.4 is 0 Å². The van der Waals surface area contributed by atoms with E-state index in [2.05, 4.69) is 15.1 Å². The number of nitrogens with zero attached hydrogens (tertiary/aromatic N) is 5. The fourth-order valence-corrected chi connectivity index (χ4v) is 4.93. The molecule has 2 saturated heterocycles. The molecule has 8 nitrogen and oxygen atoms in total. The number of rotatable bonds is 4. The maximum absolute atomic E-state index is 13.1. The van der Waals surface area contributed by atoms with Crippen molar-refractivity contribution in [3.8, 4) is 0 Å². The zero-order valence-electron chi connectivity index (χ0n) is 18.6. The lowest BCUT2D eigenvalue weighted by Crippen LogP contribution is -2.51. The van der Waals surface area contributed by atoms with Gasteiger partial charge in [0.05, 0.1) is 17.6 Å². The Labute approximate surface area is 183 Å². The van der Waals surface area contributed by atoms with Gasteiger partial charge in [-0.1, -0.05) is 12.1 Å². The van der Waals surface area contributed by atoms with E-state index in [9.17, 15) is 9.59 Å². The highest BCUT2D eigenvalue weighted by atomic mass is 16.5. The van der Waals surface area contributed by atoms with Crippen molar-refractivity contribution in [1.29, 1.82) is 0 Å². The van der Waals surface area contributed by atoms with Gasteiger partial charge in [-0.25, -0.2) is 4.98 Å². The SMILES string of the molecule is CCc1noc(C)c1C(=O)N1CCC([C@H]2CCCCN2C(=O)c2cnc(C)cn2)CC1. The summed E-state index contributed by atoms with van der Waals surface area (Å²) in [5.41, 5.74) is 2.57. The normalized spacial score (nSPS) is 20.2. The van der Waals surface area contributed by atoms with E-state index in [-0.39, 0.29) is 17.9 Å². The van der Waals surface area contributed by atoms with Gasteiger partial charge in [0.1, 0.15) is 17.0 Å². The number of carbonyl (C=O) groups is 2. The van der Waals surface area contributed by atoms with E-state index in [1.165, 1.54) is 0 Å². The molecule has 0 aromatic carbocycles. The summed E-state index contributed by atoms with van der Waals surface area (Å²) in [6, 6.07) is 0.199. The van der Waals surface area contributed by atoms with Gasteiger partial charge in [-0.05, 0) is 58.3 Å². The first kappa shape index (κ1) is 21.5. The van der Waals surface area contributed by atoms with Crippen LogP contribution in [0.1, 0.15) is 77.0 Å². The van der Waals surface area contributed by atoms with Gasteiger partial charge in [-0.2, -0.15) is 0 Å². The van der Waals surface area contributed by atoms with Gasteiger partial charge in [-0.15, -0.1) is 0 Å². The summed E-state index contributed by atoms with van der Waals surface area (Å²) in [7, 11) is 0. The number of aromatic nitrogens is 3. The van der Waals surface area contributed by atoms with E-state index in [0.29, 0.717) is 42.4 Å². The number of aryl methyl sites for hydroxylation is 3. The van der Waals surface area contributed by atoms with E-state index in [1.807, 2.05) is 23.6 Å². The molecule has 0 N–H and O–H groups in total. The Balaban J connectivity index is 1.43. The van der Waals surface area contributed by atoms with Crippen molar-refractivity contribution in [3.05, 3.63) is 40.8 Å². The predicted octanol–water partition coefficient (Wildman–Crippen LogP) is 3.19. The maximum Gasteiger partial charge on any atom is 0.274 e. The molecule has 4 heterocycles. The minimum absolute atomic E-state index is 0.0144. The van der Waals surface area contributed by atoms with Crippen molar-refractivity contribution < 1.29 is 14.1 Å². The van der Waals surface area contributed by atoms with Crippen LogP contribution in [-0.4, -0.2) is 62.4 Å². The van der Waals surface area contributed by atoms with Gasteiger partial charge in [0.15, 0.2) is 0 Å². The topological polar surface area (TPSA) is 92.4 Å². The van der Waals surface area contributed by atoms with E-state index < -0.39 is 0 Å². The van der Waals surface area contributed by atoms with Crippen LogP contribution in [0.25, 0.3) is 0 Å². The van der Waals surface area contributed by atoms with Gasteiger partial charge < -0.3 is 14.3 Å². The van der Waals surface area contributed by atoms with Crippen LogP contribution in [0.2, 0.25) is 0 Å². The molecular weight excluding hydrogens is 394 g/mol. The second kappa shape index (κ2) is 9.16. The third-order valence-corrected chi connectivity index (χ3v) is 6.66. The van der Waals surface area contributed by atoms with Crippen molar-refractivity contribution in [2.75, 3.05) is 19.6 Å². The third-order valence-electron chi connectivity index (χ3n) is 6.66. The second-order valence-corrected chi connectivity index (χ2v) is 8.65. The van der Waals surface area contributed by atoms with Crippen molar-refractivity contribution in [1.82, 2.24) is 24.9 Å². The molecule has 2 aliphatic heterocycles. The lowest BCUT2D eigenvalue weighted by Gasteiger charge is -2.43. The van der Waals surface area contributed by atoms with Crippen LogP contribution in [-0.2, 0) is 6.42 Å². The minimum Gasteiger partial charge on any atom is -0.361 e. The minimum atomic E-state index is -0.0246. The smallest absolute Gasteiger partial charge is 0.274 e. The molecule has 2 aromatic heterocycles. The van der Waals surface area contributed by atoms with Crippen molar-refractivity contribution >= 4 is 11.8 Å². The summed E-state index contributed by atoms with van der Waals surface area (Å²) in [4.78, 5) is 38.7. The number of amides is 2. The van der Waals surface area contributed by atoms with Crippen molar-refractivity contribution in [2.45, 2.75) is 65.3 Å². The quantitative estimate of drug-likeness (QED) is 0.747. The molecule has 0 saturated carbocycles. The fraction of sp³-hybridized carbons (Fsp3) is 0.609. The van der Waals surface area contributed by atoms with Crippen LogP contribution >= 0.6 is 0 Å². The highest BCUT2D eigenvalue weighted by Gasteiger charge is 2.37. The lowest BCUT2D eigenvalue weighted by atomic mass is 9.83. The molecule has 4 rings (SSSR count). The summed E-state index contributed by atoms with van der Waals surface area (Å²) < 4.78 is 5.25. The average molecular weight is 426 g/mol. The van der Waals surface area contributed by atoms with Crippen molar-refractivity contribution in [2.24, 2.45) is 5.92 Å². The highest BCUT2D eigenvalue weighted by Crippen LogP contribution is 2.32. The Morgan fingerprint density at radius 2 is 1.81 bits per heavy atom. The molecule has 0 bridgehead atoms. The summed E-state index contributed by atoms with van der Waals surface area (Å²) in [6.07, 6.45) is 8.85. The van der Waals surface area contributed by atoms with Crippen molar-refractivity contribution in [3.63, 3.8) is 0 Å². The van der Waals surface area contributed by atoms with Gasteiger partial charge in [0.2, 0.25) is 0 Å². The zero-order chi connectivity index (χ0) is 22.0. The third kappa shape index (κ3) is 4.34. The zero-order valence-corrected chi connectivity index (χ0v) is 18.6. The Morgan fingerprint density at radius 1 is 1.03 bits per heavy atom. The molecule has 2 amide bonds. The van der Waals surface area contributed by atoms with Gasteiger partial charge in [0.25, 0.3) is 11.8 Å². The Hall–Kier alpha value is -2.77. The molecule has 0 unspecified atom stereocenters. The standard InChI is InChI=1S/C23H31N5O3/c1-4-18-21(16(3)31-26-18)23(30)27-11-8-17(9-12-27)20-7-5-6-10-28(20)22(29)19-14-24-15(2)13-25-19/h13-14,17,20H,4-12H2,1-3H3/t20-/m1/s1. The molecule has 31 heavy (non-hydrogen) atoms. The maximum atomic E-state index is 13.1. The summed E-state index contributed by atoms with van der Waals surface area (Å²) in [5.74, 6) is 0.970. The fourth-order valence-electron chi connectivity index (χ4n) is 4.93. The molecule has 2 fully saturated rings. The largest absolute Gasteiger partial charge is 0.361 e. The van der Waals surface area contributed by atoms with Gasteiger partial charge in [-0.3, -0.25) is 14.6 Å². The van der Waals surface area contributed by atoms with E-state index in [4.69, 9.17) is 4.52 Å². The number of likely N-dealkylation sites (tertiary alicyclic amines) is 2. The lowest BCUT2D eigenvalue weighted by molar-refractivity contribution is 0.0369. The van der Waals surface area contributed by atoms with Crippen LogP contribution in [0.15, 0.2) is 16.9 Å². The molecule has 0 spiro atoms. The van der Waals surface area contributed by atoms with Crippen LogP contribution in [0.3, 0.4) is 0 Å². The van der Waals surface area contributed by atoms with E-state index in [1.54, 1.807) is 19.3 Å². The van der Waals surface area contributed by atoms with Gasteiger partial charge in [0, 0.05) is 31.9 Å². The molecular formula is C23H31N5O3. The number of carbonyl (C=O) groups excluding carboxylic acids is 2. The number of hydrogen-bond donors (Lipinski definition) is 0. The molecule has 2 aliphatic rings. The molecule has 2 aromatic rings. The number of hydrogen-bond acceptors (Lipinski definition) is 6. The summed E-state index contributed by atoms with van der Waals surface area (Å²) in [6.45, 7) is 7.79. The molecule has 1 atom stereocenters. The predicted molar refractivity (Wildman–Crippen MR) is 115 cm³/mol. The highest BCUT2D eigenvalue weighted by molar-refractivity contribution is 5.96. The first-order chi connectivity index (χ1) is 15.0. The average Bonchev–Trinajstić information content (AvgIpc) is 3.19. The molecule has 166 valence electrons. The second-order valence-electron chi connectivity index (χ2n) is 8.65.